The van der Waals surface area contributed by atoms with Crippen molar-refractivity contribution in [2.75, 3.05) is 13.2 Å². The summed E-state index contributed by atoms with van der Waals surface area (Å²) in [7, 11) is 0. The average Bonchev–Trinajstić information content (AvgIpc) is 1.65. The van der Waals surface area contributed by atoms with E-state index in [0.29, 0.717) is 13.2 Å². The molecule has 1 saturated heterocycles. The molecule has 5 heteroatoms. The molecule has 0 aromatic carbocycles. The Morgan fingerprint density at radius 2 is 1.88 bits per heavy atom. The SMILES string of the molecule is OP1(=S)OCCCO1. The molecule has 1 N–H and O–H groups in total. The monoisotopic (exact) mass is 154 g/mol. The molecule has 0 bridgehead atoms. The molecule has 1 rings (SSSR count). The quantitative estimate of drug-likeness (QED) is 0.519. The van der Waals surface area contributed by atoms with E-state index in [1.165, 1.54) is 0 Å². The highest BCUT2D eigenvalue weighted by Crippen LogP contribution is 2.45. The van der Waals surface area contributed by atoms with E-state index >= 15 is 0 Å². The lowest BCUT2D eigenvalue weighted by molar-refractivity contribution is 0.140. The molecule has 1 aliphatic rings. The molecule has 0 atom stereocenters. The van der Waals surface area contributed by atoms with Gasteiger partial charge in [0.05, 0.1) is 13.2 Å². The molecule has 0 aromatic rings. The van der Waals surface area contributed by atoms with Gasteiger partial charge in [0, 0.05) is 0 Å². The van der Waals surface area contributed by atoms with E-state index in [-0.39, 0.29) is 0 Å². The number of hydrogen-bond donors (Lipinski definition) is 1. The van der Waals surface area contributed by atoms with Crippen LogP contribution in [-0.2, 0) is 20.9 Å². The van der Waals surface area contributed by atoms with Crippen LogP contribution in [0.5, 0.6) is 0 Å². The van der Waals surface area contributed by atoms with Gasteiger partial charge in [-0.3, -0.25) is 0 Å². The van der Waals surface area contributed by atoms with E-state index in [1.54, 1.807) is 0 Å². The summed E-state index contributed by atoms with van der Waals surface area (Å²) in [5, 5.41) is 0. The van der Waals surface area contributed by atoms with E-state index in [1.807, 2.05) is 0 Å². The van der Waals surface area contributed by atoms with Gasteiger partial charge < -0.3 is 13.9 Å². The largest absolute Gasteiger partial charge is 0.324 e. The standard InChI is InChI=1S/C3H7O3PS/c4-7(8)5-2-1-3-6-7/h1-3H2,(H,4,8). The Labute approximate surface area is 52.9 Å². The van der Waals surface area contributed by atoms with Crippen LogP contribution in [0.15, 0.2) is 0 Å². The molecular formula is C3H7O3PS. The molecule has 3 nitrogen and oxygen atoms in total. The van der Waals surface area contributed by atoms with Crippen molar-refractivity contribution in [1.82, 2.24) is 0 Å². The molecule has 1 fully saturated rings. The zero-order chi connectivity index (χ0) is 6.04. The third kappa shape index (κ3) is 1.80. The van der Waals surface area contributed by atoms with E-state index < -0.39 is 6.72 Å². The predicted molar refractivity (Wildman–Crippen MR) is 33.0 cm³/mol. The van der Waals surface area contributed by atoms with Crippen LogP contribution in [0.1, 0.15) is 6.42 Å². The van der Waals surface area contributed by atoms with Crippen molar-refractivity contribution in [3.8, 4) is 0 Å². The van der Waals surface area contributed by atoms with Crippen LogP contribution in [0.2, 0.25) is 0 Å². The van der Waals surface area contributed by atoms with Crippen molar-refractivity contribution in [3.05, 3.63) is 0 Å². The van der Waals surface area contributed by atoms with Gasteiger partial charge >= 0.3 is 6.72 Å². The fourth-order valence-corrected chi connectivity index (χ4v) is 1.70. The zero-order valence-corrected chi connectivity index (χ0v) is 5.95. The van der Waals surface area contributed by atoms with Crippen LogP contribution in [0.4, 0.5) is 0 Å². The first-order valence-corrected chi connectivity index (χ1v) is 4.92. The van der Waals surface area contributed by atoms with Crippen LogP contribution in [0.25, 0.3) is 0 Å². The number of hydrogen-bond acceptors (Lipinski definition) is 3. The smallest absolute Gasteiger partial charge is 0.324 e. The lowest BCUT2D eigenvalue weighted by Crippen LogP contribution is -2.06. The van der Waals surface area contributed by atoms with Crippen molar-refractivity contribution in [1.29, 1.82) is 0 Å². The lowest BCUT2D eigenvalue weighted by atomic mass is 10.5. The second-order valence-corrected chi connectivity index (χ2v) is 4.33. The fourth-order valence-electron chi connectivity index (χ4n) is 0.456. The van der Waals surface area contributed by atoms with Crippen molar-refractivity contribution >= 4 is 18.5 Å². The molecule has 1 heterocycles. The minimum Gasteiger partial charge on any atom is -0.324 e. The maximum absolute atomic E-state index is 8.86. The Morgan fingerprint density at radius 3 is 2.12 bits per heavy atom. The highest BCUT2D eigenvalue weighted by molar-refractivity contribution is 8.07. The molecule has 0 radical (unpaired) electrons. The summed E-state index contributed by atoms with van der Waals surface area (Å²) < 4.78 is 9.45. The van der Waals surface area contributed by atoms with Gasteiger partial charge in [-0.05, 0) is 18.2 Å². The van der Waals surface area contributed by atoms with Crippen molar-refractivity contribution in [2.45, 2.75) is 6.42 Å². The van der Waals surface area contributed by atoms with Crippen LogP contribution in [0, 0.1) is 0 Å². The molecule has 0 aromatic heterocycles. The van der Waals surface area contributed by atoms with Gasteiger partial charge in [-0.15, -0.1) is 0 Å². The van der Waals surface area contributed by atoms with Gasteiger partial charge in [0.2, 0.25) is 0 Å². The summed E-state index contributed by atoms with van der Waals surface area (Å²) in [5.74, 6) is 0. The Balaban J connectivity index is 2.45. The maximum atomic E-state index is 8.86. The number of rotatable bonds is 0. The Kier molecular flexibility index (Phi) is 2.01. The first-order valence-electron chi connectivity index (χ1n) is 2.33. The minimum absolute atomic E-state index is 0.535. The summed E-state index contributed by atoms with van der Waals surface area (Å²) in [4.78, 5) is 8.86. The zero-order valence-electron chi connectivity index (χ0n) is 4.24. The van der Waals surface area contributed by atoms with Crippen molar-refractivity contribution in [2.24, 2.45) is 0 Å². The van der Waals surface area contributed by atoms with Gasteiger partial charge in [-0.1, -0.05) is 0 Å². The summed E-state index contributed by atoms with van der Waals surface area (Å²) in [6.45, 7) is -1.68. The summed E-state index contributed by atoms with van der Waals surface area (Å²) in [6, 6.07) is 0. The second kappa shape index (κ2) is 2.42. The van der Waals surface area contributed by atoms with E-state index in [9.17, 15) is 0 Å². The van der Waals surface area contributed by atoms with Crippen molar-refractivity contribution in [3.63, 3.8) is 0 Å². The van der Waals surface area contributed by atoms with Crippen molar-refractivity contribution < 1.29 is 13.9 Å². The van der Waals surface area contributed by atoms with Gasteiger partial charge in [-0.2, -0.15) is 0 Å². The Morgan fingerprint density at radius 1 is 1.38 bits per heavy atom. The molecule has 0 aliphatic carbocycles. The Bertz CT molecular complexity index is 116. The van der Waals surface area contributed by atoms with Crippen LogP contribution >= 0.6 is 6.72 Å². The highest BCUT2D eigenvalue weighted by atomic mass is 32.5. The molecule has 0 amide bonds. The first-order chi connectivity index (χ1) is 3.71. The molecule has 8 heavy (non-hydrogen) atoms. The fraction of sp³-hybridized carbons (Fsp3) is 1.00. The first kappa shape index (κ1) is 6.65. The molecular weight excluding hydrogens is 147 g/mol. The minimum atomic E-state index is -2.75. The van der Waals surface area contributed by atoms with Crippen LogP contribution in [0.3, 0.4) is 0 Å². The van der Waals surface area contributed by atoms with Gasteiger partial charge in [0.1, 0.15) is 0 Å². The van der Waals surface area contributed by atoms with Gasteiger partial charge in [0.15, 0.2) is 0 Å². The Hall–Kier alpha value is 0.530. The summed E-state index contributed by atoms with van der Waals surface area (Å²) in [5.41, 5.74) is 0. The summed E-state index contributed by atoms with van der Waals surface area (Å²) in [6.07, 6.45) is 0.832. The molecule has 0 unspecified atom stereocenters. The van der Waals surface area contributed by atoms with Crippen LogP contribution < -0.4 is 0 Å². The third-order valence-electron chi connectivity index (χ3n) is 0.798. The van der Waals surface area contributed by atoms with E-state index in [0.717, 1.165) is 6.42 Å². The maximum Gasteiger partial charge on any atom is 0.324 e. The summed E-state index contributed by atoms with van der Waals surface area (Å²) >= 11 is 4.52. The van der Waals surface area contributed by atoms with Crippen LogP contribution in [-0.4, -0.2) is 18.1 Å². The predicted octanol–water partition coefficient (Wildman–Crippen LogP) is 0.640. The van der Waals surface area contributed by atoms with E-state index in [4.69, 9.17) is 13.9 Å². The lowest BCUT2D eigenvalue weighted by Gasteiger charge is -2.19. The normalized spacial score (nSPS) is 27.6. The van der Waals surface area contributed by atoms with Gasteiger partial charge in [0.25, 0.3) is 0 Å². The average molecular weight is 154 g/mol. The molecule has 1 aliphatic heterocycles. The molecule has 48 valence electrons. The second-order valence-electron chi connectivity index (χ2n) is 1.49. The van der Waals surface area contributed by atoms with E-state index in [2.05, 4.69) is 11.8 Å². The third-order valence-corrected chi connectivity index (χ3v) is 2.45. The highest BCUT2D eigenvalue weighted by Gasteiger charge is 2.18. The van der Waals surface area contributed by atoms with Gasteiger partial charge in [-0.25, -0.2) is 0 Å². The molecule has 0 spiro atoms. The topological polar surface area (TPSA) is 38.7 Å². The molecule has 0 saturated carbocycles.